The summed E-state index contributed by atoms with van der Waals surface area (Å²) in [5.41, 5.74) is 1.43. The van der Waals surface area contributed by atoms with E-state index in [1.807, 2.05) is 12.3 Å². The lowest BCUT2D eigenvalue weighted by molar-refractivity contribution is -0.144. The quantitative estimate of drug-likeness (QED) is 0.574. The fourth-order valence-corrected chi connectivity index (χ4v) is 4.00. The van der Waals surface area contributed by atoms with Crippen LogP contribution in [0.15, 0.2) is 40.5 Å². The molecule has 0 saturated heterocycles. The first-order chi connectivity index (χ1) is 13.8. The third-order valence-corrected chi connectivity index (χ3v) is 5.98. The van der Waals surface area contributed by atoms with Gasteiger partial charge in [-0.05, 0) is 38.1 Å². The van der Waals surface area contributed by atoms with E-state index in [0.29, 0.717) is 16.3 Å². The van der Waals surface area contributed by atoms with Crippen LogP contribution in [0.4, 0.5) is 10.1 Å². The zero-order valence-electron chi connectivity index (χ0n) is 15.7. The van der Waals surface area contributed by atoms with E-state index in [4.69, 9.17) is 4.74 Å². The molecule has 3 aromatic rings. The standard InChI is InChI=1S/C19H18FN3O4S2/c1-11-9-29-19-22-15(7-17(25)23(11)19)8-27-18(26)12(2)28-10-16(24)21-14-5-3-13(20)4-6-14/h3-7,9,12H,8,10H2,1-2H3,(H,21,24)/t12-/m1/s1. The number of halogens is 1. The summed E-state index contributed by atoms with van der Waals surface area (Å²) in [4.78, 5) is 41.1. The highest BCUT2D eigenvalue weighted by molar-refractivity contribution is 8.01. The molecule has 1 aromatic carbocycles. The van der Waals surface area contributed by atoms with E-state index >= 15 is 0 Å². The molecule has 0 radical (unpaired) electrons. The summed E-state index contributed by atoms with van der Waals surface area (Å²) in [6, 6.07) is 6.75. The van der Waals surface area contributed by atoms with Gasteiger partial charge in [0.05, 0.1) is 11.4 Å². The molecule has 0 aliphatic carbocycles. The third kappa shape index (κ3) is 5.42. The number of carbonyl (C=O) groups excluding carboxylic acids is 2. The fourth-order valence-electron chi connectivity index (χ4n) is 2.44. The maximum atomic E-state index is 12.9. The minimum atomic E-state index is -0.581. The van der Waals surface area contributed by atoms with Gasteiger partial charge in [0.15, 0.2) is 4.96 Å². The van der Waals surface area contributed by atoms with Crippen molar-refractivity contribution >= 4 is 45.6 Å². The number of amides is 1. The molecule has 10 heteroatoms. The number of hydrogen-bond acceptors (Lipinski definition) is 7. The van der Waals surface area contributed by atoms with E-state index < -0.39 is 11.2 Å². The predicted octanol–water partition coefficient (Wildman–Crippen LogP) is 3.01. The molecule has 2 heterocycles. The number of esters is 1. The van der Waals surface area contributed by atoms with Gasteiger partial charge in [-0.3, -0.25) is 18.8 Å². The van der Waals surface area contributed by atoms with Crippen LogP contribution in [-0.4, -0.2) is 32.3 Å². The van der Waals surface area contributed by atoms with Crippen molar-refractivity contribution in [3.8, 4) is 0 Å². The Kier molecular flexibility index (Phi) is 6.65. The van der Waals surface area contributed by atoms with Crippen LogP contribution >= 0.6 is 23.1 Å². The molecule has 1 atom stereocenters. The molecular weight excluding hydrogens is 417 g/mol. The van der Waals surface area contributed by atoms with Crippen LogP contribution in [-0.2, 0) is 20.9 Å². The van der Waals surface area contributed by atoms with Crippen LogP contribution in [0.1, 0.15) is 18.3 Å². The minimum Gasteiger partial charge on any atom is -0.458 e. The van der Waals surface area contributed by atoms with Gasteiger partial charge >= 0.3 is 5.97 Å². The lowest BCUT2D eigenvalue weighted by Crippen LogP contribution is -2.22. The smallest absolute Gasteiger partial charge is 0.319 e. The van der Waals surface area contributed by atoms with E-state index in [0.717, 1.165) is 17.5 Å². The van der Waals surface area contributed by atoms with Crippen LogP contribution in [0.25, 0.3) is 4.96 Å². The fraction of sp³-hybridized carbons (Fsp3) is 0.263. The highest BCUT2D eigenvalue weighted by Gasteiger charge is 2.18. The van der Waals surface area contributed by atoms with Gasteiger partial charge in [0.1, 0.15) is 17.7 Å². The van der Waals surface area contributed by atoms with Crippen molar-refractivity contribution in [2.45, 2.75) is 25.7 Å². The second-order valence-corrected chi connectivity index (χ2v) is 8.36. The maximum Gasteiger partial charge on any atom is 0.319 e. The molecule has 0 aliphatic heterocycles. The zero-order valence-corrected chi connectivity index (χ0v) is 17.3. The lowest BCUT2D eigenvalue weighted by atomic mass is 10.3. The Hall–Kier alpha value is -2.72. The van der Waals surface area contributed by atoms with Gasteiger partial charge in [-0.25, -0.2) is 9.37 Å². The van der Waals surface area contributed by atoms with E-state index in [2.05, 4.69) is 10.3 Å². The maximum absolute atomic E-state index is 12.9. The number of nitrogens with one attached hydrogen (secondary N) is 1. The number of thiazole rings is 1. The number of benzene rings is 1. The lowest BCUT2D eigenvalue weighted by Gasteiger charge is -2.11. The number of carbonyl (C=O) groups is 2. The predicted molar refractivity (Wildman–Crippen MR) is 111 cm³/mol. The first-order valence-electron chi connectivity index (χ1n) is 8.64. The summed E-state index contributed by atoms with van der Waals surface area (Å²) in [7, 11) is 0. The number of fused-ring (bicyclic) bond motifs is 1. The summed E-state index contributed by atoms with van der Waals surface area (Å²) in [6.07, 6.45) is 0. The van der Waals surface area contributed by atoms with Crippen molar-refractivity contribution < 1.29 is 18.7 Å². The highest BCUT2D eigenvalue weighted by atomic mass is 32.2. The second kappa shape index (κ2) is 9.19. The van der Waals surface area contributed by atoms with Crippen molar-refractivity contribution in [1.29, 1.82) is 0 Å². The molecule has 152 valence electrons. The summed E-state index contributed by atoms with van der Waals surface area (Å²) in [5.74, 6) is -1.17. The number of hydrogen-bond donors (Lipinski definition) is 1. The Morgan fingerprint density at radius 3 is 2.79 bits per heavy atom. The van der Waals surface area contributed by atoms with Gasteiger partial charge in [-0.1, -0.05) is 0 Å². The number of ether oxygens (including phenoxy) is 1. The number of anilines is 1. The van der Waals surface area contributed by atoms with Crippen molar-refractivity contribution in [3.63, 3.8) is 0 Å². The number of aryl methyl sites for hydroxylation is 1. The Bertz CT molecular complexity index is 1100. The largest absolute Gasteiger partial charge is 0.458 e. The van der Waals surface area contributed by atoms with E-state index in [9.17, 15) is 18.8 Å². The van der Waals surface area contributed by atoms with Crippen LogP contribution in [0.3, 0.4) is 0 Å². The molecule has 0 unspecified atom stereocenters. The van der Waals surface area contributed by atoms with E-state index in [1.54, 1.807) is 6.92 Å². The zero-order chi connectivity index (χ0) is 21.0. The highest BCUT2D eigenvalue weighted by Crippen LogP contribution is 2.16. The summed E-state index contributed by atoms with van der Waals surface area (Å²) in [5, 5.41) is 3.87. The normalized spacial score (nSPS) is 12.0. The Labute approximate surface area is 173 Å². The number of rotatable bonds is 7. The van der Waals surface area contributed by atoms with Gasteiger partial charge in [0, 0.05) is 22.8 Å². The molecule has 3 rings (SSSR count). The molecule has 29 heavy (non-hydrogen) atoms. The van der Waals surface area contributed by atoms with Gasteiger partial charge in [0.25, 0.3) is 5.56 Å². The van der Waals surface area contributed by atoms with Crippen LogP contribution < -0.4 is 10.9 Å². The van der Waals surface area contributed by atoms with Crippen LogP contribution in [0, 0.1) is 12.7 Å². The molecule has 1 N–H and O–H groups in total. The molecule has 0 spiro atoms. The van der Waals surface area contributed by atoms with Crippen molar-refractivity contribution in [1.82, 2.24) is 9.38 Å². The monoisotopic (exact) mass is 435 g/mol. The Balaban J connectivity index is 1.48. The summed E-state index contributed by atoms with van der Waals surface area (Å²) >= 11 is 2.45. The third-order valence-electron chi connectivity index (χ3n) is 3.92. The molecule has 0 fully saturated rings. The Morgan fingerprint density at radius 2 is 2.07 bits per heavy atom. The molecule has 1 amide bonds. The second-order valence-electron chi connectivity index (χ2n) is 6.20. The van der Waals surface area contributed by atoms with E-state index in [1.165, 1.54) is 46.1 Å². The van der Waals surface area contributed by atoms with Crippen molar-refractivity contribution in [3.05, 3.63) is 63.3 Å². The Morgan fingerprint density at radius 1 is 1.34 bits per heavy atom. The molecule has 0 aliphatic rings. The summed E-state index contributed by atoms with van der Waals surface area (Å²) in [6.45, 7) is 3.33. The minimum absolute atomic E-state index is 0.0354. The molecule has 0 bridgehead atoms. The topological polar surface area (TPSA) is 89.8 Å². The van der Waals surface area contributed by atoms with Gasteiger partial charge < -0.3 is 10.1 Å². The van der Waals surface area contributed by atoms with Gasteiger partial charge in [-0.2, -0.15) is 0 Å². The van der Waals surface area contributed by atoms with Crippen molar-refractivity contribution in [2.75, 3.05) is 11.1 Å². The van der Waals surface area contributed by atoms with Gasteiger partial charge in [0.2, 0.25) is 5.91 Å². The average molecular weight is 436 g/mol. The number of nitrogens with zero attached hydrogens (tertiary/aromatic N) is 2. The van der Waals surface area contributed by atoms with Crippen LogP contribution in [0.2, 0.25) is 0 Å². The molecule has 2 aromatic heterocycles. The van der Waals surface area contributed by atoms with Crippen molar-refractivity contribution in [2.24, 2.45) is 0 Å². The van der Waals surface area contributed by atoms with E-state index in [-0.39, 0.29) is 29.6 Å². The average Bonchev–Trinajstić information content (AvgIpc) is 3.07. The molecular formula is C19H18FN3O4S2. The van der Waals surface area contributed by atoms with Crippen LogP contribution in [0.5, 0.6) is 0 Å². The molecule has 7 nitrogen and oxygen atoms in total. The number of aromatic nitrogens is 2. The molecule has 0 saturated carbocycles. The first kappa shape index (κ1) is 21.0. The first-order valence-corrected chi connectivity index (χ1v) is 10.6. The number of thioether (sulfide) groups is 1. The SMILES string of the molecule is Cc1csc2nc(COC(=O)[C@@H](C)SCC(=O)Nc3ccc(F)cc3)cc(=O)n12. The summed E-state index contributed by atoms with van der Waals surface area (Å²) < 4.78 is 19.6. The van der Waals surface area contributed by atoms with Gasteiger partial charge in [-0.15, -0.1) is 23.1 Å².